The Hall–Kier alpha value is -1.37. The minimum Gasteiger partial charge on any atom is -0.506 e. The second-order valence-corrected chi connectivity index (χ2v) is 6.41. The standard InChI is InChI=1S/C17H7F3O4S.Eu.2H2O/c18-17(19,20)15(22)11-12(21)9-6-5-8-7-3-1-2-4-10(7)25-14(8)13(9)24-16(11)23;;;/h1-6,21H;;2*1H2. The number of fused-ring (bicyclic) bond motifs is 5. The number of hydrogen-bond donors (Lipinski definition) is 1. The summed E-state index contributed by atoms with van der Waals surface area (Å²) in [6.45, 7) is 0. The SMILES string of the molecule is O.O.O=C(c1c(O)c2ccc3c4ccccc4sc3c2oc1=O)C(F)(F)F.[Eu]. The quantitative estimate of drug-likeness (QED) is 0.288. The predicted octanol–water partition coefficient (Wildman–Crippen LogP) is 2.96. The van der Waals surface area contributed by atoms with E-state index in [0.717, 1.165) is 15.5 Å². The molecule has 1 radical (unpaired) electrons. The maximum Gasteiger partial charge on any atom is 0.455 e. The molecule has 2 aromatic heterocycles. The second-order valence-electron chi connectivity index (χ2n) is 5.36. The first-order chi connectivity index (χ1) is 11.8. The van der Waals surface area contributed by atoms with Gasteiger partial charge in [-0.15, -0.1) is 11.3 Å². The molecule has 0 unspecified atom stereocenters. The molecule has 4 aromatic rings. The molecule has 4 rings (SSSR count). The van der Waals surface area contributed by atoms with E-state index in [2.05, 4.69) is 0 Å². The molecule has 0 aliphatic rings. The van der Waals surface area contributed by atoms with Crippen molar-refractivity contribution in [1.29, 1.82) is 0 Å². The summed E-state index contributed by atoms with van der Waals surface area (Å²) in [4.78, 5) is 23.4. The van der Waals surface area contributed by atoms with Crippen LogP contribution in [0, 0.1) is 49.4 Å². The van der Waals surface area contributed by atoms with Crippen molar-refractivity contribution < 1.29 is 87.8 Å². The smallest absolute Gasteiger partial charge is 0.455 e. The van der Waals surface area contributed by atoms with Gasteiger partial charge >= 0.3 is 11.8 Å². The second kappa shape index (κ2) is 8.56. The van der Waals surface area contributed by atoms with Crippen LogP contribution in [0.1, 0.15) is 10.4 Å². The van der Waals surface area contributed by atoms with Crippen LogP contribution in [-0.2, 0) is 0 Å². The molecule has 5 N–H and O–H groups in total. The number of carbonyl (C=O) groups is 1. The average molecular weight is 552 g/mol. The maximum atomic E-state index is 12.6. The minimum atomic E-state index is -5.29. The van der Waals surface area contributed by atoms with E-state index in [-0.39, 0.29) is 71.3 Å². The Morgan fingerprint density at radius 2 is 1.61 bits per heavy atom. The molecule has 0 aliphatic heterocycles. The van der Waals surface area contributed by atoms with Gasteiger partial charge in [0.1, 0.15) is 5.75 Å². The molecule has 6 nitrogen and oxygen atoms in total. The van der Waals surface area contributed by atoms with Crippen LogP contribution < -0.4 is 5.63 Å². The van der Waals surface area contributed by atoms with Gasteiger partial charge in [-0.1, -0.05) is 24.3 Å². The molecule has 0 atom stereocenters. The normalized spacial score (nSPS) is 11.0. The van der Waals surface area contributed by atoms with Crippen LogP contribution in [0.15, 0.2) is 45.6 Å². The summed E-state index contributed by atoms with van der Waals surface area (Å²) in [6, 6.07) is 10.3. The summed E-state index contributed by atoms with van der Waals surface area (Å²) in [5.74, 6) is -3.45. The van der Waals surface area contributed by atoms with Crippen LogP contribution in [-0.4, -0.2) is 28.0 Å². The van der Waals surface area contributed by atoms with Crippen LogP contribution in [0.4, 0.5) is 13.2 Å². The van der Waals surface area contributed by atoms with Gasteiger partial charge < -0.3 is 20.5 Å². The van der Waals surface area contributed by atoms with E-state index in [4.69, 9.17) is 4.42 Å². The van der Waals surface area contributed by atoms with Crippen molar-refractivity contribution in [3.63, 3.8) is 0 Å². The van der Waals surface area contributed by atoms with Gasteiger partial charge in [0.2, 0.25) is 0 Å². The molecule has 0 bridgehead atoms. The molecule has 0 saturated carbocycles. The Morgan fingerprint density at radius 1 is 1.00 bits per heavy atom. The summed E-state index contributed by atoms with van der Waals surface area (Å²) in [5, 5.41) is 11.6. The average Bonchev–Trinajstić information content (AvgIpc) is 2.93. The summed E-state index contributed by atoms with van der Waals surface area (Å²) < 4.78 is 44.4. The number of carbonyl (C=O) groups excluding carboxylic acids is 1. The summed E-state index contributed by atoms with van der Waals surface area (Å²) in [5.41, 5.74) is -2.96. The molecular weight excluding hydrogens is 541 g/mol. The van der Waals surface area contributed by atoms with Crippen molar-refractivity contribution >= 4 is 48.3 Å². The van der Waals surface area contributed by atoms with Gasteiger partial charge in [-0.2, -0.15) is 13.2 Å². The van der Waals surface area contributed by atoms with E-state index in [1.807, 2.05) is 24.3 Å². The fourth-order valence-electron chi connectivity index (χ4n) is 2.77. The number of halogens is 3. The van der Waals surface area contributed by atoms with E-state index in [0.29, 0.717) is 4.70 Å². The van der Waals surface area contributed by atoms with Crippen LogP contribution in [0.25, 0.3) is 31.1 Å². The molecule has 0 spiro atoms. The Balaban J connectivity index is 0.00000131. The molecule has 11 heteroatoms. The van der Waals surface area contributed by atoms with Crippen LogP contribution in [0.5, 0.6) is 5.75 Å². The zero-order valence-corrected chi connectivity index (χ0v) is 16.8. The molecule has 0 aliphatic carbocycles. The number of aromatic hydroxyl groups is 1. The summed E-state index contributed by atoms with van der Waals surface area (Å²) >= 11 is 1.28. The maximum absolute atomic E-state index is 12.6. The van der Waals surface area contributed by atoms with Gasteiger partial charge in [0, 0.05) is 64.8 Å². The summed E-state index contributed by atoms with van der Waals surface area (Å²) in [7, 11) is 0. The van der Waals surface area contributed by atoms with Crippen molar-refractivity contribution in [2.24, 2.45) is 0 Å². The molecule has 149 valence electrons. The monoisotopic (exact) mass is 553 g/mol. The Morgan fingerprint density at radius 3 is 2.25 bits per heavy atom. The van der Waals surface area contributed by atoms with Crippen molar-refractivity contribution in [3.8, 4) is 5.75 Å². The van der Waals surface area contributed by atoms with E-state index in [1.165, 1.54) is 17.4 Å². The van der Waals surface area contributed by atoms with E-state index in [1.54, 1.807) is 6.07 Å². The van der Waals surface area contributed by atoms with Gasteiger partial charge in [-0.3, -0.25) is 4.79 Å². The van der Waals surface area contributed by atoms with E-state index in [9.17, 15) is 27.9 Å². The van der Waals surface area contributed by atoms with Crippen LogP contribution in [0.2, 0.25) is 0 Å². The number of Topliss-reactive ketones (excluding diaryl/α,β-unsaturated/α-hetero) is 1. The van der Waals surface area contributed by atoms with Gasteiger partial charge in [-0.05, 0) is 12.1 Å². The summed E-state index contributed by atoms with van der Waals surface area (Å²) in [6.07, 6.45) is -5.29. The fraction of sp³-hybridized carbons (Fsp3) is 0.0588. The van der Waals surface area contributed by atoms with Gasteiger partial charge in [0.25, 0.3) is 5.78 Å². The number of hydrogen-bond acceptors (Lipinski definition) is 5. The van der Waals surface area contributed by atoms with Crippen molar-refractivity contribution in [2.45, 2.75) is 6.18 Å². The molecule has 28 heavy (non-hydrogen) atoms. The number of alkyl halides is 3. The topological polar surface area (TPSA) is 131 Å². The zero-order chi connectivity index (χ0) is 17.9. The Kier molecular flexibility index (Phi) is 7.54. The third-order valence-electron chi connectivity index (χ3n) is 3.88. The number of thiophene rings is 1. The van der Waals surface area contributed by atoms with Crippen molar-refractivity contribution in [3.05, 3.63) is 52.4 Å². The Bertz CT molecular complexity index is 1250. The molecular formula is C17H11EuF3O6S. The van der Waals surface area contributed by atoms with Gasteiger partial charge in [0.15, 0.2) is 11.1 Å². The Labute approximate surface area is 198 Å². The number of ketones is 1. The van der Waals surface area contributed by atoms with Crippen molar-refractivity contribution in [1.82, 2.24) is 0 Å². The molecule has 0 fully saturated rings. The molecule has 2 aromatic carbocycles. The van der Waals surface area contributed by atoms with Crippen molar-refractivity contribution in [2.75, 3.05) is 0 Å². The van der Waals surface area contributed by atoms with E-state index < -0.39 is 28.9 Å². The first kappa shape index (κ1) is 24.7. The first-order valence-corrected chi connectivity index (χ1v) is 7.82. The third kappa shape index (κ3) is 3.74. The van der Waals surface area contributed by atoms with Crippen LogP contribution >= 0.6 is 11.3 Å². The first-order valence-electron chi connectivity index (χ1n) is 7.00. The molecule has 0 saturated heterocycles. The van der Waals surface area contributed by atoms with Gasteiger partial charge in [0.05, 0.1) is 10.1 Å². The largest absolute Gasteiger partial charge is 0.506 e. The number of benzene rings is 2. The molecule has 2 heterocycles. The van der Waals surface area contributed by atoms with Crippen LogP contribution in [0.3, 0.4) is 0 Å². The predicted molar refractivity (Wildman–Crippen MR) is 94.7 cm³/mol. The van der Waals surface area contributed by atoms with E-state index >= 15 is 0 Å². The third-order valence-corrected chi connectivity index (χ3v) is 5.06. The van der Waals surface area contributed by atoms with Gasteiger partial charge in [-0.25, -0.2) is 4.79 Å². The fourth-order valence-corrected chi connectivity index (χ4v) is 3.96. The number of rotatable bonds is 1. The minimum absolute atomic E-state index is 0. The molecule has 0 amide bonds. The zero-order valence-electron chi connectivity index (χ0n) is 13.6.